The maximum atomic E-state index is 11.2. The number of ether oxygens (including phenoxy) is 1. The molecule has 0 aliphatic rings. The first-order valence-corrected chi connectivity index (χ1v) is 5.99. The van der Waals surface area contributed by atoms with Gasteiger partial charge in [0, 0.05) is 0 Å². The third-order valence-electron chi connectivity index (χ3n) is 1.57. The zero-order valence-corrected chi connectivity index (χ0v) is 9.24. The van der Waals surface area contributed by atoms with Crippen molar-refractivity contribution in [1.82, 2.24) is 0 Å². The fraction of sp³-hybridized carbons (Fsp3) is 0.286. The average Bonchev–Trinajstić information content (AvgIpc) is 2.44. The van der Waals surface area contributed by atoms with E-state index in [1.807, 2.05) is 0 Å². The van der Waals surface area contributed by atoms with Crippen LogP contribution in [0.1, 0.15) is 15.2 Å². The van der Waals surface area contributed by atoms with E-state index in [9.17, 15) is 13.2 Å². The fourth-order valence-electron chi connectivity index (χ4n) is 1.02. The van der Waals surface area contributed by atoms with Crippen molar-refractivity contribution in [1.29, 1.82) is 0 Å². The Morgan fingerprint density at radius 2 is 2.14 bits per heavy atom. The van der Waals surface area contributed by atoms with Gasteiger partial charge in [-0.3, -0.25) is 0 Å². The molecule has 0 saturated carbocycles. The summed E-state index contributed by atoms with van der Waals surface area (Å²) in [5.41, 5.74) is 0.456. The van der Waals surface area contributed by atoms with Gasteiger partial charge in [-0.15, -0.1) is 11.3 Å². The molecule has 1 aromatic rings. The van der Waals surface area contributed by atoms with Crippen LogP contribution in [0, 0.1) is 6.92 Å². The molecule has 7 heteroatoms. The molecule has 0 atom stereocenters. The van der Waals surface area contributed by atoms with Crippen molar-refractivity contribution in [3.05, 3.63) is 15.8 Å². The molecule has 0 radical (unpaired) electrons. The number of hydrogen-bond acceptors (Lipinski definition) is 5. The molecule has 1 aromatic heterocycles. The molecular formula is C7H9NO4S2. The van der Waals surface area contributed by atoms with Crippen LogP contribution in [-0.2, 0) is 14.8 Å². The number of nitrogens with two attached hydrogens (primary N) is 1. The van der Waals surface area contributed by atoms with E-state index < -0.39 is 16.0 Å². The maximum absolute atomic E-state index is 11.2. The molecule has 0 saturated heterocycles. The highest BCUT2D eigenvalue weighted by atomic mass is 32.2. The lowest BCUT2D eigenvalue weighted by atomic mass is 10.3. The first kappa shape index (κ1) is 11.2. The van der Waals surface area contributed by atoms with Crippen molar-refractivity contribution in [3.63, 3.8) is 0 Å². The first-order valence-electron chi connectivity index (χ1n) is 3.57. The largest absolute Gasteiger partial charge is 0.465 e. The van der Waals surface area contributed by atoms with E-state index in [-0.39, 0.29) is 9.77 Å². The topological polar surface area (TPSA) is 86.5 Å². The van der Waals surface area contributed by atoms with Gasteiger partial charge in [0.25, 0.3) is 0 Å². The number of methoxy groups -OCH3 is 1. The van der Waals surface area contributed by atoms with E-state index in [1.165, 1.54) is 7.11 Å². The Labute approximate surface area is 85.5 Å². The van der Waals surface area contributed by atoms with Gasteiger partial charge in [-0.05, 0) is 17.9 Å². The van der Waals surface area contributed by atoms with E-state index in [2.05, 4.69) is 4.74 Å². The van der Waals surface area contributed by atoms with Gasteiger partial charge in [0.05, 0.1) is 7.11 Å². The summed E-state index contributed by atoms with van der Waals surface area (Å²) in [5, 5.41) is 6.51. The van der Waals surface area contributed by atoms with E-state index in [0.717, 1.165) is 11.3 Å². The van der Waals surface area contributed by atoms with Crippen molar-refractivity contribution < 1.29 is 17.9 Å². The van der Waals surface area contributed by atoms with Crippen LogP contribution >= 0.6 is 11.3 Å². The second-order valence-electron chi connectivity index (χ2n) is 2.61. The molecule has 0 aliphatic carbocycles. The Morgan fingerprint density at radius 1 is 1.57 bits per heavy atom. The summed E-state index contributed by atoms with van der Waals surface area (Å²) in [4.78, 5) is 11.0. The number of carbonyl (C=O) groups is 1. The van der Waals surface area contributed by atoms with Crippen LogP contribution in [0.15, 0.2) is 10.3 Å². The van der Waals surface area contributed by atoms with Crippen molar-refractivity contribution in [2.45, 2.75) is 11.8 Å². The molecular weight excluding hydrogens is 226 g/mol. The summed E-state index contributed by atoms with van der Waals surface area (Å²) in [6.45, 7) is 1.57. The van der Waals surface area contributed by atoms with Crippen LogP contribution in [0.3, 0.4) is 0 Å². The molecule has 5 nitrogen and oxygen atoms in total. The predicted octanol–water partition coefficient (Wildman–Crippen LogP) is 0.491. The molecule has 0 aliphatic heterocycles. The molecule has 0 aromatic carbocycles. The van der Waals surface area contributed by atoms with E-state index in [0.29, 0.717) is 5.56 Å². The minimum Gasteiger partial charge on any atom is -0.465 e. The summed E-state index contributed by atoms with van der Waals surface area (Å²) in [6, 6.07) is 0. The van der Waals surface area contributed by atoms with Gasteiger partial charge >= 0.3 is 5.97 Å². The van der Waals surface area contributed by atoms with Gasteiger partial charge in [-0.2, -0.15) is 0 Å². The summed E-state index contributed by atoms with van der Waals surface area (Å²) in [5.74, 6) is -0.688. The molecule has 1 rings (SSSR count). The van der Waals surface area contributed by atoms with E-state index >= 15 is 0 Å². The number of aryl methyl sites for hydroxylation is 1. The number of hydrogen-bond donors (Lipinski definition) is 1. The number of carbonyl (C=O) groups excluding carboxylic acids is 1. The van der Waals surface area contributed by atoms with Crippen LogP contribution in [0.4, 0.5) is 0 Å². The van der Waals surface area contributed by atoms with Crippen LogP contribution in [-0.4, -0.2) is 21.5 Å². The highest BCUT2D eigenvalue weighted by molar-refractivity contribution is 7.89. The molecule has 2 N–H and O–H groups in total. The molecule has 78 valence electrons. The van der Waals surface area contributed by atoms with Crippen LogP contribution < -0.4 is 5.14 Å². The average molecular weight is 235 g/mol. The normalized spacial score (nSPS) is 11.4. The van der Waals surface area contributed by atoms with Crippen molar-refractivity contribution in [2.24, 2.45) is 5.14 Å². The number of primary sulfonamides is 1. The van der Waals surface area contributed by atoms with Crippen molar-refractivity contribution in [2.75, 3.05) is 7.11 Å². The van der Waals surface area contributed by atoms with Crippen LogP contribution in [0.2, 0.25) is 0 Å². The summed E-state index contributed by atoms with van der Waals surface area (Å²) in [6.07, 6.45) is 0. The molecule has 14 heavy (non-hydrogen) atoms. The minimum absolute atomic E-state index is 0.0208. The third-order valence-corrected chi connectivity index (χ3v) is 3.88. The van der Waals surface area contributed by atoms with E-state index in [1.54, 1.807) is 12.3 Å². The Hall–Kier alpha value is -0.920. The van der Waals surface area contributed by atoms with Crippen molar-refractivity contribution >= 4 is 27.3 Å². The lowest BCUT2D eigenvalue weighted by Gasteiger charge is -2.00. The van der Waals surface area contributed by atoms with Crippen LogP contribution in [0.5, 0.6) is 0 Å². The monoisotopic (exact) mass is 235 g/mol. The van der Waals surface area contributed by atoms with Gasteiger partial charge in [-0.25, -0.2) is 18.4 Å². The van der Waals surface area contributed by atoms with Gasteiger partial charge in [0.2, 0.25) is 10.0 Å². The Balaban J connectivity index is 3.42. The van der Waals surface area contributed by atoms with Gasteiger partial charge < -0.3 is 4.74 Å². The third kappa shape index (κ3) is 1.94. The number of rotatable bonds is 2. The fourth-order valence-corrected chi connectivity index (χ4v) is 3.30. The lowest BCUT2D eigenvalue weighted by Crippen LogP contribution is -2.16. The SMILES string of the molecule is COC(=O)c1scc(C)c1S(N)(=O)=O. The van der Waals surface area contributed by atoms with Gasteiger partial charge in [0.1, 0.15) is 9.77 Å². The number of sulfonamides is 1. The Kier molecular flexibility index (Phi) is 2.93. The van der Waals surface area contributed by atoms with Crippen molar-refractivity contribution in [3.8, 4) is 0 Å². The van der Waals surface area contributed by atoms with Crippen LogP contribution in [0.25, 0.3) is 0 Å². The molecule has 0 amide bonds. The number of thiophene rings is 1. The summed E-state index contributed by atoms with van der Waals surface area (Å²) < 4.78 is 26.7. The van der Waals surface area contributed by atoms with Gasteiger partial charge in [0.15, 0.2) is 0 Å². The lowest BCUT2D eigenvalue weighted by molar-refractivity contribution is 0.0602. The standard InChI is InChI=1S/C7H9NO4S2/c1-4-3-13-5(7(9)12-2)6(4)14(8,10)11/h3H,1-2H3,(H2,8,10,11). The predicted molar refractivity (Wildman–Crippen MR) is 51.8 cm³/mol. The number of esters is 1. The Bertz CT molecular complexity index is 460. The smallest absolute Gasteiger partial charge is 0.349 e. The molecule has 0 bridgehead atoms. The Morgan fingerprint density at radius 3 is 2.57 bits per heavy atom. The highest BCUT2D eigenvalue weighted by Gasteiger charge is 2.24. The minimum atomic E-state index is -3.87. The zero-order valence-electron chi connectivity index (χ0n) is 7.60. The van der Waals surface area contributed by atoms with Gasteiger partial charge in [-0.1, -0.05) is 0 Å². The molecule has 1 heterocycles. The maximum Gasteiger partial charge on any atom is 0.349 e. The second-order valence-corrected chi connectivity index (χ2v) is 4.99. The quantitative estimate of drug-likeness (QED) is 0.756. The molecule has 0 fully saturated rings. The molecule has 0 unspecified atom stereocenters. The second kappa shape index (κ2) is 3.68. The van der Waals surface area contributed by atoms with E-state index in [4.69, 9.17) is 5.14 Å². The zero-order chi connectivity index (χ0) is 10.9. The first-order chi connectivity index (χ1) is 6.38. The highest BCUT2D eigenvalue weighted by Crippen LogP contribution is 2.26. The summed E-state index contributed by atoms with van der Waals surface area (Å²) >= 11 is 1.00. The molecule has 0 spiro atoms. The summed E-state index contributed by atoms with van der Waals surface area (Å²) in [7, 11) is -2.68.